The van der Waals surface area contributed by atoms with Crippen molar-refractivity contribution >= 4 is 5.91 Å². The molecule has 2 N–H and O–H groups in total. The molecule has 21 heavy (non-hydrogen) atoms. The van der Waals surface area contributed by atoms with Crippen LogP contribution < -0.4 is 10.6 Å². The Hall–Kier alpha value is -1.08. The van der Waals surface area contributed by atoms with Crippen molar-refractivity contribution in [2.75, 3.05) is 13.1 Å². The minimum absolute atomic E-state index is 0.0244. The molecule has 4 fully saturated rings. The van der Waals surface area contributed by atoms with E-state index in [1.807, 2.05) is 6.07 Å². The van der Waals surface area contributed by atoms with Gasteiger partial charge in [0.15, 0.2) is 0 Å². The van der Waals surface area contributed by atoms with Crippen LogP contribution in [0.2, 0.25) is 0 Å². The molecule has 0 heterocycles. The summed E-state index contributed by atoms with van der Waals surface area (Å²) in [6, 6.07) is 2.05. The zero-order valence-electron chi connectivity index (χ0n) is 13.3. The van der Waals surface area contributed by atoms with Crippen molar-refractivity contribution in [3.63, 3.8) is 0 Å². The van der Waals surface area contributed by atoms with E-state index < -0.39 is 0 Å². The van der Waals surface area contributed by atoms with E-state index in [2.05, 4.69) is 24.5 Å². The van der Waals surface area contributed by atoms with Crippen molar-refractivity contribution in [1.82, 2.24) is 10.6 Å². The first-order chi connectivity index (χ1) is 9.86. The van der Waals surface area contributed by atoms with Gasteiger partial charge in [0.2, 0.25) is 5.91 Å². The third kappa shape index (κ3) is 2.94. The predicted molar refractivity (Wildman–Crippen MR) is 81.4 cm³/mol. The highest BCUT2D eigenvalue weighted by atomic mass is 16.1. The highest BCUT2D eigenvalue weighted by Crippen LogP contribution is 2.66. The summed E-state index contributed by atoms with van der Waals surface area (Å²) in [7, 11) is 0. The fourth-order valence-corrected chi connectivity index (χ4v) is 6.23. The second-order valence-corrected chi connectivity index (χ2v) is 8.52. The van der Waals surface area contributed by atoms with Crippen LogP contribution in [-0.4, -0.2) is 24.5 Å². The molecule has 4 bridgehead atoms. The lowest BCUT2D eigenvalue weighted by molar-refractivity contribution is -0.128. The van der Waals surface area contributed by atoms with Gasteiger partial charge in [-0.2, -0.15) is 5.26 Å². The Morgan fingerprint density at radius 1 is 1.19 bits per heavy atom. The SMILES string of the molecule is CC12CC3CC(C)(C1)CC(NCC(=O)NCCC#N)(C3)C2. The lowest BCUT2D eigenvalue weighted by Crippen LogP contribution is -2.65. The average Bonchev–Trinajstić information content (AvgIpc) is 2.32. The molecule has 4 saturated carbocycles. The van der Waals surface area contributed by atoms with Crippen LogP contribution in [0.3, 0.4) is 0 Å². The summed E-state index contributed by atoms with van der Waals surface area (Å²) >= 11 is 0. The van der Waals surface area contributed by atoms with Crippen LogP contribution in [0.4, 0.5) is 0 Å². The van der Waals surface area contributed by atoms with Gasteiger partial charge in [0.25, 0.3) is 0 Å². The zero-order chi connectivity index (χ0) is 15.1. The van der Waals surface area contributed by atoms with Crippen LogP contribution in [0.5, 0.6) is 0 Å². The minimum atomic E-state index is 0.0244. The smallest absolute Gasteiger partial charge is 0.234 e. The van der Waals surface area contributed by atoms with Crippen molar-refractivity contribution in [2.24, 2.45) is 16.7 Å². The summed E-state index contributed by atoms with van der Waals surface area (Å²) in [5, 5.41) is 14.9. The predicted octanol–water partition coefficient (Wildman–Crippen LogP) is 2.35. The Morgan fingerprint density at radius 2 is 1.86 bits per heavy atom. The van der Waals surface area contributed by atoms with E-state index in [1.54, 1.807) is 0 Å². The molecule has 0 aromatic heterocycles. The van der Waals surface area contributed by atoms with E-state index in [1.165, 1.54) is 38.5 Å². The second-order valence-electron chi connectivity index (χ2n) is 8.52. The molecule has 1 amide bonds. The number of carbonyl (C=O) groups is 1. The number of nitrogens with zero attached hydrogens (tertiary/aromatic N) is 1. The van der Waals surface area contributed by atoms with Crippen molar-refractivity contribution < 1.29 is 4.79 Å². The maximum absolute atomic E-state index is 11.9. The highest BCUT2D eigenvalue weighted by molar-refractivity contribution is 5.78. The summed E-state index contributed by atoms with van der Waals surface area (Å²) < 4.78 is 0. The summed E-state index contributed by atoms with van der Waals surface area (Å²) in [6.07, 6.45) is 8.17. The first-order valence-electron chi connectivity index (χ1n) is 8.25. The molecule has 4 nitrogen and oxygen atoms in total. The molecule has 0 aromatic rings. The molecule has 0 spiro atoms. The van der Waals surface area contributed by atoms with Crippen molar-refractivity contribution in [1.29, 1.82) is 5.26 Å². The molecule has 0 aliphatic heterocycles. The molecule has 4 aliphatic carbocycles. The number of nitriles is 1. The topological polar surface area (TPSA) is 64.9 Å². The second kappa shape index (κ2) is 4.98. The van der Waals surface area contributed by atoms with Gasteiger partial charge in [-0.1, -0.05) is 13.8 Å². The minimum Gasteiger partial charge on any atom is -0.354 e. The number of nitrogens with one attached hydrogen (secondary N) is 2. The molecular formula is C17H27N3O. The van der Waals surface area contributed by atoms with Gasteiger partial charge in [-0.3, -0.25) is 4.79 Å². The average molecular weight is 289 g/mol. The lowest BCUT2D eigenvalue weighted by Gasteiger charge is -2.65. The molecule has 2 atom stereocenters. The number of rotatable bonds is 5. The van der Waals surface area contributed by atoms with Crippen molar-refractivity contribution in [3.8, 4) is 6.07 Å². The quantitative estimate of drug-likeness (QED) is 0.764. The summed E-state index contributed by atoms with van der Waals surface area (Å²) in [4.78, 5) is 11.9. The number of carbonyl (C=O) groups excluding carboxylic acids is 1. The highest BCUT2D eigenvalue weighted by Gasteiger charge is 2.59. The van der Waals surface area contributed by atoms with Crippen LogP contribution >= 0.6 is 0 Å². The summed E-state index contributed by atoms with van der Waals surface area (Å²) in [5.41, 5.74) is 1.12. The third-order valence-corrected chi connectivity index (χ3v) is 5.81. The van der Waals surface area contributed by atoms with E-state index in [9.17, 15) is 4.79 Å². The molecular weight excluding hydrogens is 262 g/mol. The number of hydrogen-bond acceptors (Lipinski definition) is 3. The molecule has 2 unspecified atom stereocenters. The van der Waals surface area contributed by atoms with Gasteiger partial charge in [0.1, 0.15) is 0 Å². The number of amides is 1. The van der Waals surface area contributed by atoms with Gasteiger partial charge in [0, 0.05) is 12.1 Å². The zero-order valence-corrected chi connectivity index (χ0v) is 13.3. The van der Waals surface area contributed by atoms with Crippen LogP contribution in [0.1, 0.15) is 58.8 Å². The molecule has 0 saturated heterocycles. The molecule has 0 aromatic carbocycles. The summed E-state index contributed by atoms with van der Waals surface area (Å²) in [5.74, 6) is 0.863. The van der Waals surface area contributed by atoms with Crippen LogP contribution in [0.15, 0.2) is 0 Å². The molecule has 4 rings (SSSR count). The van der Waals surface area contributed by atoms with Crippen LogP contribution in [0, 0.1) is 28.1 Å². The van der Waals surface area contributed by atoms with Gasteiger partial charge in [-0.25, -0.2) is 0 Å². The van der Waals surface area contributed by atoms with Crippen molar-refractivity contribution in [2.45, 2.75) is 64.3 Å². The van der Waals surface area contributed by atoms with Gasteiger partial charge in [0.05, 0.1) is 19.0 Å². The fraction of sp³-hybridized carbons (Fsp3) is 0.882. The Bertz CT molecular complexity index is 463. The Kier molecular flexibility index (Phi) is 3.52. The van der Waals surface area contributed by atoms with Crippen LogP contribution in [0.25, 0.3) is 0 Å². The molecule has 4 heteroatoms. The normalized spacial score (nSPS) is 43.6. The van der Waals surface area contributed by atoms with E-state index in [-0.39, 0.29) is 11.4 Å². The largest absolute Gasteiger partial charge is 0.354 e. The maximum atomic E-state index is 11.9. The van der Waals surface area contributed by atoms with E-state index in [0.717, 1.165) is 5.92 Å². The van der Waals surface area contributed by atoms with E-state index >= 15 is 0 Å². The van der Waals surface area contributed by atoms with E-state index in [0.29, 0.717) is 30.3 Å². The monoisotopic (exact) mass is 289 g/mol. The first-order valence-corrected chi connectivity index (χ1v) is 8.25. The standard InChI is InChI=1S/C17H27N3O/c1-15-6-13-7-16(2,10-15)12-17(8-13,11-15)20-9-14(21)19-5-3-4-18/h13,20H,3,5-12H2,1-2H3,(H,19,21). The third-order valence-electron chi connectivity index (χ3n) is 5.81. The van der Waals surface area contributed by atoms with E-state index in [4.69, 9.17) is 5.26 Å². The van der Waals surface area contributed by atoms with Crippen molar-refractivity contribution in [3.05, 3.63) is 0 Å². The summed E-state index contributed by atoms with van der Waals surface area (Å²) in [6.45, 7) is 5.74. The molecule has 4 aliphatic rings. The maximum Gasteiger partial charge on any atom is 0.234 e. The van der Waals surface area contributed by atoms with Gasteiger partial charge in [-0.15, -0.1) is 0 Å². The Labute approximate surface area is 127 Å². The Morgan fingerprint density at radius 3 is 2.43 bits per heavy atom. The number of hydrogen-bond donors (Lipinski definition) is 2. The molecule has 116 valence electrons. The van der Waals surface area contributed by atoms with Crippen LogP contribution in [-0.2, 0) is 4.79 Å². The Balaban J connectivity index is 1.60. The molecule has 0 radical (unpaired) electrons. The lowest BCUT2D eigenvalue weighted by atomic mass is 9.43. The first kappa shape index (κ1) is 14.8. The van der Waals surface area contributed by atoms with Gasteiger partial charge < -0.3 is 10.6 Å². The van der Waals surface area contributed by atoms with Gasteiger partial charge >= 0.3 is 0 Å². The van der Waals surface area contributed by atoms with Gasteiger partial charge in [-0.05, 0) is 55.3 Å². The fourth-order valence-electron chi connectivity index (χ4n) is 6.23.